The molecule has 0 atom stereocenters. The molecule has 0 unspecified atom stereocenters. The van der Waals surface area contributed by atoms with Gasteiger partial charge >= 0.3 is 0 Å². The molecule has 0 bridgehead atoms. The summed E-state index contributed by atoms with van der Waals surface area (Å²) in [7, 11) is -3.99. The first-order valence-corrected chi connectivity index (χ1v) is 8.49. The Labute approximate surface area is 135 Å². The van der Waals surface area contributed by atoms with E-state index in [1.807, 2.05) is 0 Å². The molecule has 1 amide bonds. The van der Waals surface area contributed by atoms with Crippen LogP contribution in [-0.4, -0.2) is 33.7 Å². The second-order valence-corrected chi connectivity index (χ2v) is 6.67. The van der Waals surface area contributed by atoms with Gasteiger partial charge in [-0.25, -0.2) is 21.6 Å². The lowest BCUT2D eigenvalue weighted by Gasteiger charge is -2.23. The van der Waals surface area contributed by atoms with Gasteiger partial charge in [0.05, 0.1) is 24.8 Å². The van der Waals surface area contributed by atoms with Crippen molar-refractivity contribution in [3.05, 3.63) is 53.7 Å². The van der Waals surface area contributed by atoms with Crippen molar-refractivity contribution < 1.29 is 30.8 Å². The highest BCUT2D eigenvalue weighted by atomic mass is 32.2. The summed E-state index contributed by atoms with van der Waals surface area (Å²) in [6.45, 7) is -0.585. The van der Waals surface area contributed by atoms with E-state index < -0.39 is 39.1 Å². The third-order valence-electron chi connectivity index (χ3n) is 3.03. The topological polar surface area (TPSA) is 79.6 Å². The summed E-state index contributed by atoms with van der Waals surface area (Å²) in [5.41, 5.74) is -0.649. The summed E-state index contributed by atoms with van der Waals surface area (Å²) in [5.74, 6) is -5.42. The molecule has 0 aliphatic rings. The van der Waals surface area contributed by atoms with Gasteiger partial charge in [-0.15, -0.1) is 0 Å². The molecular weight excluding hydrogens is 349 g/mol. The van der Waals surface area contributed by atoms with Gasteiger partial charge in [0.25, 0.3) is 5.91 Å². The van der Waals surface area contributed by atoms with E-state index in [0.717, 1.165) is 12.3 Å². The van der Waals surface area contributed by atoms with E-state index in [-0.39, 0.29) is 18.8 Å². The largest absolute Gasteiger partial charge is 0.459 e. The average molecular weight is 362 g/mol. The molecule has 24 heavy (non-hydrogen) atoms. The number of hydrogen-bond donors (Lipinski definition) is 1. The third kappa shape index (κ3) is 3.88. The van der Waals surface area contributed by atoms with Gasteiger partial charge in [0.15, 0.2) is 23.2 Å². The summed E-state index contributed by atoms with van der Waals surface area (Å²) >= 11 is 0. The minimum Gasteiger partial charge on any atom is -0.459 e. The number of benzene rings is 1. The molecule has 1 aromatic carbocycles. The summed E-state index contributed by atoms with van der Waals surface area (Å²) < 4.78 is 69.1. The number of amides is 1. The molecule has 2 aromatic rings. The van der Waals surface area contributed by atoms with Crippen LogP contribution in [0.15, 0.2) is 34.9 Å². The Morgan fingerprint density at radius 3 is 2.50 bits per heavy atom. The quantitative estimate of drug-likeness (QED) is 0.796. The predicted molar refractivity (Wildman–Crippen MR) is 79.5 cm³/mol. The molecule has 6 nitrogen and oxygen atoms in total. The normalized spacial score (nSPS) is 11.3. The van der Waals surface area contributed by atoms with Crippen molar-refractivity contribution in [1.29, 1.82) is 0 Å². The number of nitrogens with one attached hydrogen (secondary N) is 1. The lowest BCUT2D eigenvalue weighted by atomic mass is 10.2. The van der Waals surface area contributed by atoms with Crippen molar-refractivity contribution in [3.8, 4) is 0 Å². The Hall–Kier alpha value is -2.49. The molecule has 0 saturated heterocycles. The Balaban J connectivity index is 2.16. The second kappa shape index (κ2) is 6.95. The summed E-state index contributed by atoms with van der Waals surface area (Å²) in [6, 6.07) is 4.32. The van der Waals surface area contributed by atoms with Crippen LogP contribution in [-0.2, 0) is 10.0 Å². The van der Waals surface area contributed by atoms with E-state index in [0.29, 0.717) is 10.4 Å². The van der Waals surface area contributed by atoms with Crippen LogP contribution >= 0.6 is 0 Å². The van der Waals surface area contributed by atoms with Gasteiger partial charge in [-0.1, -0.05) is 0 Å². The Morgan fingerprint density at radius 1 is 1.21 bits per heavy atom. The van der Waals surface area contributed by atoms with Crippen LogP contribution in [0.4, 0.5) is 18.9 Å². The van der Waals surface area contributed by atoms with E-state index in [2.05, 4.69) is 5.32 Å². The van der Waals surface area contributed by atoms with E-state index in [1.165, 1.54) is 18.4 Å². The van der Waals surface area contributed by atoms with Gasteiger partial charge in [0, 0.05) is 6.54 Å². The molecule has 0 radical (unpaired) electrons. The molecule has 0 aliphatic heterocycles. The fourth-order valence-electron chi connectivity index (χ4n) is 1.94. The maximum atomic E-state index is 13.8. The smallest absolute Gasteiger partial charge is 0.287 e. The van der Waals surface area contributed by atoms with Crippen LogP contribution in [0.1, 0.15) is 10.6 Å². The van der Waals surface area contributed by atoms with Crippen LogP contribution in [0.2, 0.25) is 0 Å². The number of carbonyl (C=O) groups is 1. The number of nitrogens with zero attached hydrogens (tertiary/aromatic N) is 1. The minimum absolute atomic E-state index is 0.0138. The Morgan fingerprint density at radius 2 is 1.92 bits per heavy atom. The van der Waals surface area contributed by atoms with Crippen molar-refractivity contribution in [1.82, 2.24) is 5.32 Å². The van der Waals surface area contributed by atoms with Crippen LogP contribution in [0.3, 0.4) is 0 Å². The Bertz CT molecular complexity index is 838. The van der Waals surface area contributed by atoms with Crippen LogP contribution in [0, 0.1) is 17.5 Å². The standard InChI is InChI=1S/C14H13F3N2O4S/c1-24(21,22)19(10-5-4-9(15)12(16)13(10)17)7-6-18-14(20)11-3-2-8-23-11/h2-5,8H,6-7H2,1H3,(H,18,20). The molecule has 0 fully saturated rings. The maximum Gasteiger partial charge on any atom is 0.287 e. The number of rotatable bonds is 6. The maximum absolute atomic E-state index is 13.8. The first kappa shape index (κ1) is 17.9. The third-order valence-corrected chi connectivity index (χ3v) is 4.21. The van der Waals surface area contributed by atoms with Crippen molar-refractivity contribution in [2.45, 2.75) is 0 Å². The first-order chi connectivity index (χ1) is 11.2. The van der Waals surface area contributed by atoms with Crippen molar-refractivity contribution >= 4 is 21.6 Å². The van der Waals surface area contributed by atoms with Crippen molar-refractivity contribution in [3.63, 3.8) is 0 Å². The second-order valence-electron chi connectivity index (χ2n) is 4.76. The SMILES string of the molecule is CS(=O)(=O)N(CCNC(=O)c1ccco1)c1ccc(F)c(F)c1F. The zero-order chi connectivity index (χ0) is 17.9. The molecule has 2 rings (SSSR count). The van der Waals surface area contributed by atoms with E-state index in [4.69, 9.17) is 4.42 Å². The molecule has 0 spiro atoms. The molecule has 10 heteroatoms. The molecule has 130 valence electrons. The van der Waals surface area contributed by atoms with Gasteiger partial charge < -0.3 is 9.73 Å². The van der Waals surface area contributed by atoms with Crippen LogP contribution < -0.4 is 9.62 Å². The van der Waals surface area contributed by atoms with E-state index in [9.17, 15) is 26.4 Å². The molecule has 0 aliphatic carbocycles. The highest BCUT2D eigenvalue weighted by molar-refractivity contribution is 7.92. The number of halogens is 3. The van der Waals surface area contributed by atoms with E-state index in [1.54, 1.807) is 0 Å². The number of carbonyl (C=O) groups excluding carboxylic acids is 1. The summed E-state index contributed by atoms with van der Waals surface area (Å²) in [4.78, 5) is 11.7. The van der Waals surface area contributed by atoms with E-state index >= 15 is 0 Å². The molecule has 0 saturated carbocycles. The van der Waals surface area contributed by atoms with Crippen LogP contribution in [0.5, 0.6) is 0 Å². The summed E-state index contributed by atoms with van der Waals surface area (Å²) in [6.07, 6.45) is 2.07. The summed E-state index contributed by atoms with van der Waals surface area (Å²) in [5, 5.41) is 2.37. The van der Waals surface area contributed by atoms with Gasteiger partial charge in [0.1, 0.15) is 0 Å². The first-order valence-electron chi connectivity index (χ1n) is 6.64. The average Bonchev–Trinajstić information content (AvgIpc) is 3.03. The highest BCUT2D eigenvalue weighted by Gasteiger charge is 2.24. The minimum atomic E-state index is -3.99. The van der Waals surface area contributed by atoms with Crippen molar-refractivity contribution in [2.75, 3.05) is 23.7 Å². The van der Waals surface area contributed by atoms with Crippen molar-refractivity contribution in [2.24, 2.45) is 0 Å². The number of sulfonamides is 1. The monoisotopic (exact) mass is 362 g/mol. The van der Waals surface area contributed by atoms with Gasteiger partial charge in [-0.2, -0.15) is 0 Å². The molecule has 1 N–H and O–H groups in total. The molecule has 1 heterocycles. The Kier molecular flexibility index (Phi) is 5.17. The molecule has 1 aromatic heterocycles. The molecular formula is C14H13F3N2O4S. The highest BCUT2D eigenvalue weighted by Crippen LogP contribution is 2.25. The van der Waals surface area contributed by atoms with Gasteiger partial charge in [0.2, 0.25) is 10.0 Å². The zero-order valence-electron chi connectivity index (χ0n) is 12.4. The lowest BCUT2D eigenvalue weighted by molar-refractivity contribution is 0.0927. The van der Waals surface area contributed by atoms with Gasteiger partial charge in [-0.3, -0.25) is 9.10 Å². The predicted octanol–water partition coefficient (Wildman–Crippen LogP) is 1.89. The number of furan rings is 1. The van der Waals surface area contributed by atoms with Crippen LogP contribution in [0.25, 0.3) is 0 Å². The number of hydrogen-bond acceptors (Lipinski definition) is 4. The lowest BCUT2D eigenvalue weighted by Crippen LogP contribution is -2.38. The fourth-order valence-corrected chi connectivity index (χ4v) is 2.86. The fraction of sp³-hybridized carbons (Fsp3) is 0.214. The number of anilines is 1. The zero-order valence-corrected chi connectivity index (χ0v) is 13.2. The van der Waals surface area contributed by atoms with Gasteiger partial charge in [-0.05, 0) is 24.3 Å².